The standard InChI is InChI=1S/C18H20N6O2/c1-4-9-19-16(25)13-7-5-6-8-14(13)21-17(26)15-22-18-20-11(2)10-12(3)24(18)23-15/h5-8,10H,4,9H2,1-3H3,(H,19,25)(H,21,26). The molecule has 8 heteroatoms. The van der Waals surface area contributed by atoms with Gasteiger partial charge < -0.3 is 10.6 Å². The third kappa shape index (κ3) is 3.53. The van der Waals surface area contributed by atoms with Gasteiger partial charge in [-0.1, -0.05) is 19.1 Å². The number of aromatic nitrogens is 4. The van der Waals surface area contributed by atoms with Crippen LogP contribution in [0.15, 0.2) is 30.3 Å². The van der Waals surface area contributed by atoms with E-state index >= 15 is 0 Å². The van der Waals surface area contributed by atoms with Gasteiger partial charge in [0.25, 0.3) is 17.6 Å². The van der Waals surface area contributed by atoms with Crippen molar-refractivity contribution in [3.05, 3.63) is 53.1 Å². The smallest absolute Gasteiger partial charge is 0.295 e. The van der Waals surface area contributed by atoms with Crippen molar-refractivity contribution in [2.75, 3.05) is 11.9 Å². The predicted octanol–water partition coefficient (Wildman–Crippen LogP) is 2.13. The maximum atomic E-state index is 12.6. The number of carbonyl (C=O) groups excluding carboxylic acids is 2. The first-order chi connectivity index (χ1) is 12.5. The molecule has 2 aromatic heterocycles. The third-order valence-electron chi connectivity index (χ3n) is 3.78. The van der Waals surface area contributed by atoms with Crippen LogP contribution in [0.2, 0.25) is 0 Å². The Hall–Kier alpha value is -3.29. The minimum Gasteiger partial charge on any atom is -0.352 e. The number of anilines is 1. The molecule has 2 amide bonds. The topological polar surface area (TPSA) is 101 Å². The molecule has 0 bridgehead atoms. The van der Waals surface area contributed by atoms with Crippen molar-refractivity contribution in [2.24, 2.45) is 0 Å². The van der Waals surface area contributed by atoms with Gasteiger partial charge in [-0.2, -0.15) is 4.98 Å². The number of nitrogens with zero attached hydrogens (tertiary/aromatic N) is 4. The Kier molecular flexibility index (Phi) is 4.92. The molecule has 0 saturated carbocycles. The van der Waals surface area contributed by atoms with E-state index in [1.165, 1.54) is 4.52 Å². The molecule has 8 nitrogen and oxygen atoms in total. The fourth-order valence-corrected chi connectivity index (χ4v) is 2.56. The first-order valence-corrected chi connectivity index (χ1v) is 8.39. The van der Waals surface area contributed by atoms with E-state index in [0.29, 0.717) is 23.6 Å². The quantitative estimate of drug-likeness (QED) is 0.732. The number of para-hydroxylation sites is 1. The average Bonchev–Trinajstić information content (AvgIpc) is 3.04. The zero-order valence-corrected chi connectivity index (χ0v) is 14.9. The van der Waals surface area contributed by atoms with Crippen LogP contribution < -0.4 is 10.6 Å². The van der Waals surface area contributed by atoms with Crippen molar-refractivity contribution < 1.29 is 9.59 Å². The lowest BCUT2D eigenvalue weighted by Gasteiger charge is -2.10. The first-order valence-electron chi connectivity index (χ1n) is 8.39. The Balaban J connectivity index is 1.87. The molecule has 3 rings (SSSR count). The van der Waals surface area contributed by atoms with Gasteiger partial charge in [-0.25, -0.2) is 9.50 Å². The third-order valence-corrected chi connectivity index (χ3v) is 3.78. The molecule has 3 aromatic rings. The van der Waals surface area contributed by atoms with Gasteiger partial charge in [-0.05, 0) is 38.5 Å². The number of hydrogen-bond donors (Lipinski definition) is 2. The Labute approximate surface area is 150 Å². The molecule has 1 aromatic carbocycles. The highest BCUT2D eigenvalue weighted by Gasteiger charge is 2.18. The van der Waals surface area contributed by atoms with E-state index in [4.69, 9.17) is 0 Å². The second-order valence-corrected chi connectivity index (χ2v) is 5.94. The second kappa shape index (κ2) is 7.30. The largest absolute Gasteiger partial charge is 0.352 e. The van der Waals surface area contributed by atoms with Crippen molar-refractivity contribution in [2.45, 2.75) is 27.2 Å². The number of fused-ring (bicyclic) bond motifs is 1. The van der Waals surface area contributed by atoms with Gasteiger partial charge in [0, 0.05) is 17.9 Å². The van der Waals surface area contributed by atoms with Crippen LogP contribution in [0.5, 0.6) is 0 Å². The van der Waals surface area contributed by atoms with Crippen molar-refractivity contribution in [1.82, 2.24) is 24.9 Å². The molecule has 0 saturated heterocycles. The summed E-state index contributed by atoms with van der Waals surface area (Å²) in [6, 6.07) is 8.68. The number of rotatable bonds is 5. The van der Waals surface area contributed by atoms with Gasteiger partial charge in [0.15, 0.2) is 0 Å². The zero-order valence-electron chi connectivity index (χ0n) is 14.9. The molecular formula is C18H20N6O2. The summed E-state index contributed by atoms with van der Waals surface area (Å²) in [5.41, 5.74) is 2.43. The summed E-state index contributed by atoms with van der Waals surface area (Å²) in [4.78, 5) is 33.3. The van der Waals surface area contributed by atoms with E-state index in [1.807, 2.05) is 26.8 Å². The highest BCUT2D eigenvalue weighted by molar-refractivity contribution is 6.07. The zero-order chi connectivity index (χ0) is 18.7. The molecule has 0 radical (unpaired) electrons. The maximum Gasteiger partial charge on any atom is 0.295 e. The van der Waals surface area contributed by atoms with E-state index in [1.54, 1.807) is 24.3 Å². The van der Waals surface area contributed by atoms with Crippen molar-refractivity contribution in [3.63, 3.8) is 0 Å². The highest BCUT2D eigenvalue weighted by Crippen LogP contribution is 2.16. The fourth-order valence-electron chi connectivity index (χ4n) is 2.56. The van der Waals surface area contributed by atoms with Crippen LogP contribution in [-0.2, 0) is 0 Å². The van der Waals surface area contributed by atoms with Gasteiger partial charge in [-0.3, -0.25) is 9.59 Å². The number of nitrogens with one attached hydrogen (secondary N) is 2. The van der Waals surface area contributed by atoms with Gasteiger partial charge in [0.05, 0.1) is 11.3 Å². The molecular weight excluding hydrogens is 332 g/mol. The van der Waals surface area contributed by atoms with Crippen molar-refractivity contribution in [1.29, 1.82) is 0 Å². The lowest BCUT2D eigenvalue weighted by Crippen LogP contribution is -2.26. The molecule has 26 heavy (non-hydrogen) atoms. The van der Waals surface area contributed by atoms with Crippen LogP contribution in [-0.4, -0.2) is 37.9 Å². The van der Waals surface area contributed by atoms with Crippen LogP contribution in [0, 0.1) is 13.8 Å². The summed E-state index contributed by atoms with van der Waals surface area (Å²) < 4.78 is 1.52. The average molecular weight is 352 g/mol. The first kappa shape index (κ1) is 17.5. The molecule has 0 unspecified atom stereocenters. The normalized spacial score (nSPS) is 10.7. The summed E-state index contributed by atoms with van der Waals surface area (Å²) in [5, 5.41) is 9.72. The molecule has 2 N–H and O–H groups in total. The lowest BCUT2D eigenvalue weighted by atomic mass is 10.1. The number of amides is 2. The van der Waals surface area contributed by atoms with Crippen LogP contribution in [0.25, 0.3) is 5.78 Å². The van der Waals surface area contributed by atoms with E-state index in [-0.39, 0.29) is 11.7 Å². The Morgan fingerprint density at radius 2 is 1.88 bits per heavy atom. The molecule has 0 aliphatic carbocycles. The predicted molar refractivity (Wildman–Crippen MR) is 97.3 cm³/mol. The molecule has 0 fully saturated rings. The SMILES string of the molecule is CCCNC(=O)c1ccccc1NC(=O)c1nc2nc(C)cc(C)n2n1. The van der Waals surface area contributed by atoms with Gasteiger partial charge in [-0.15, -0.1) is 5.10 Å². The number of hydrogen-bond acceptors (Lipinski definition) is 5. The van der Waals surface area contributed by atoms with E-state index in [0.717, 1.165) is 17.8 Å². The monoisotopic (exact) mass is 352 g/mol. The lowest BCUT2D eigenvalue weighted by molar-refractivity contribution is 0.0954. The van der Waals surface area contributed by atoms with E-state index in [9.17, 15) is 9.59 Å². The minimum absolute atomic E-state index is 0.00466. The van der Waals surface area contributed by atoms with Crippen LogP contribution in [0.1, 0.15) is 45.7 Å². The molecule has 0 aliphatic rings. The molecule has 134 valence electrons. The second-order valence-electron chi connectivity index (χ2n) is 5.94. The number of benzene rings is 1. The summed E-state index contributed by atoms with van der Waals surface area (Å²) in [7, 11) is 0. The van der Waals surface area contributed by atoms with Gasteiger partial charge in [0.1, 0.15) is 0 Å². The highest BCUT2D eigenvalue weighted by atomic mass is 16.2. The Morgan fingerprint density at radius 1 is 1.12 bits per heavy atom. The fraction of sp³-hybridized carbons (Fsp3) is 0.278. The maximum absolute atomic E-state index is 12.6. The minimum atomic E-state index is -0.497. The number of carbonyl (C=O) groups is 2. The van der Waals surface area contributed by atoms with Gasteiger partial charge in [0.2, 0.25) is 5.82 Å². The van der Waals surface area contributed by atoms with Crippen LogP contribution in [0.3, 0.4) is 0 Å². The summed E-state index contributed by atoms with van der Waals surface area (Å²) in [6.07, 6.45) is 0.831. The van der Waals surface area contributed by atoms with Crippen molar-refractivity contribution >= 4 is 23.3 Å². The van der Waals surface area contributed by atoms with E-state index < -0.39 is 5.91 Å². The number of aryl methyl sites for hydroxylation is 2. The van der Waals surface area contributed by atoms with E-state index in [2.05, 4.69) is 25.7 Å². The summed E-state index contributed by atoms with van der Waals surface area (Å²) in [5.74, 6) is -0.376. The molecule has 2 heterocycles. The Morgan fingerprint density at radius 3 is 2.65 bits per heavy atom. The molecule has 0 atom stereocenters. The van der Waals surface area contributed by atoms with Crippen LogP contribution in [0.4, 0.5) is 5.69 Å². The molecule has 0 spiro atoms. The van der Waals surface area contributed by atoms with Crippen LogP contribution >= 0.6 is 0 Å². The summed E-state index contributed by atoms with van der Waals surface area (Å²) >= 11 is 0. The summed E-state index contributed by atoms with van der Waals surface area (Å²) in [6.45, 7) is 6.26. The molecule has 0 aliphatic heterocycles. The van der Waals surface area contributed by atoms with Crippen molar-refractivity contribution in [3.8, 4) is 0 Å². The Bertz CT molecular complexity index is 979. The van der Waals surface area contributed by atoms with Gasteiger partial charge >= 0.3 is 0 Å².